The zero-order valence-corrected chi connectivity index (χ0v) is 8.07. The summed E-state index contributed by atoms with van der Waals surface area (Å²) in [7, 11) is 0. The Morgan fingerprint density at radius 2 is 1.87 bits per heavy atom. The third-order valence-electron chi connectivity index (χ3n) is 2.53. The first-order valence-corrected chi connectivity index (χ1v) is 4.50. The summed E-state index contributed by atoms with van der Waals surface area (Å²) < 4.78 is 4.68. The summed E-state index contributed by atoms with van der Waals surface area (Å²) in [6.07, 6.45) is -7.14. The van der Waals surface area contributed by atoms with Crippen molar-refractivity contribution in [3.05, 3.63) is 0 Å². The van der Waals surface area contributed by atoms with Crippen molar-refractivity contribution in [2.45, 2.75) is 43.5 Å². The maximum Gasteiger partial charge on any atom is 0.335 e. The Balaban J connectivity index is 2.95. The number of hydrogen-bond acceptors (Lipinski definition) is 6. The standard InChI is InChI=1S/C8H14O7/c1-2-8(14)6(11)4(10)3(9)5(15-8)7(12)13/h3-6,9-11,14H,2H2,1H3,(H,12,13)/t3-,4-,5-,6+,8+/m0/s1. The first kappa shape index (κ1) is 12.3. The number of ether oxygens (including phenoxy) is 1. The molecule has 1 aliphatic heterocycles. The molecule has 0 aromatic heterocycles. The maximum atomic E-state index is 10.6. The number of carboxylic acids is 1. The van der Waals surface area contributed by atoms with Gasteiger partial charge in [-0.05, 0) is 0 Å². The summed E-state index contributed by atoms with van der Waals surface area (Å²) in [5, 5.41) is 46.3. The quantitative estimate of drug-likeness (QED) is 0.354. The lowest BCUT2D eigenvalue weighted by atomic mass is 9.91. The molecule has 0 saturated carbocycles. The van der Waals surface area contributed by atoms with E-state index in [1.165, 1.54) is 6.92 Å². The number of aliphatic carboxylic acids is 1. The van der Waals surface area contributed by atoms with Gasteiger partial charge >= 0.3 is 5.97 Å². The lowest BCUT2D eigenvalue weighted by Gasteiger charge is -2.43. The third-order valence-corrected chi connectivity index (χ3v) is 2.53. The van der Waals surface area contributed by atoms with Crippen molar-refractivity contribution in [2.24, 2.45) is 0 Å². The second-order valence-corrected chi connectivity index (χ2v) is 3.50. The minimum absolute atomic E-state index is 0.109. The summed E-state index contributed by atoms with van der Waals surface area (Å²) in [4.78, 5) is 10.6. The van der Waals surface area contributed by atoms with Crippen LogP contribution in [0.2, 0.25) is 0 Å². The molecule has 0 spiro atoms. The molecule has 0 unspecified atom stereocenters. The Bertz CT molecular complexity index is 255. The zero-order chi connectivity index (χ0) is 11.8. The van der Waals surface area contributed by atoms with Gasteiger partial charge in [0.1, 0.15) is 18.3 Å². The first-order chi connectivity index (χ1) is 6.83. The van der Waals surface area contributed by atoms with Gasteiger partial charge < -0.3 is 30.3 Å². The molecular formula is C8H14O7. The number of aliphatic hydroxyl groups is 4. The van der Waals surface area contributed by atoms with Crippen LogP contribution in [0.1, 0.15) is 13.3 Å². The fourth-order valence-corrected chi connectivity index (χ4v) is 1.48. The largest absolute Gasteiger partial charge is 0.479 e. The van der Waals surface area contributed by atoms with Gasteiger partial charge in [-0.25, -0.2) is 4.79 Å². The summed E-state index contributed by atoms with van der Waals surface area (Å²) in [6, 6.07) is 0. The van der Waals surface area contributed by atoms with Gasteiger partial charge in [-0.15, -0.1) is 0 Å². The van der Waals surface area contributed by atoms with Gasteiger partial charge in [-0.2, -0.15) is 0 Å². The SMILES string of the molecule is CC[C@@]1(O)O[C@H](C(=O)O)[C@@H](O)[C@H](O)[C@H]1O. The number of aliphatic hydroxyl groups excluding tert-OH is 3. The van der Waals surface area contributed by atoms with Crippen LogP contribution in [0.25, 0.3) is 0 Å². The van der Waals surface area contributed by atoms with E-state index in [0.717, 1.165) is 0 Å². The van der Waals surface area contributed by atoms with Crippen LogP contribution in [-0.4, -0.2) is 61.7 Å². The van der Waals surface area contributed by atoms with Gasteiger partial charge in [-0.3, -0.25) is 0 Å². The minimum atomic E-state index is -2.15. The highest BCUT2D eigenvalue weighted by Crippen LogP contribution is 2.30. The van der Waals surface area contributed by atoms with Crippen LogP contribution < -0.4 is 0 Å². The van der Waals surface area contributed by atoms with E-state index < -0.39 is 36.2 Å². The van der Waals surface area contributed by atoms with E-state index in [0.29, 0.717) is 0 Å². The minimum Gasteiger partial charge on any atom is -0.479 e. The van der Waals surface area contributed by atoms with Gasteiger partial charge in [0.25, 0.3) is 0 Å². The van der Waals surface area contributed by atoms with Crippen LogP contribution in [-0.2, 0) is 9.53 Å². The van der Waals surface area contributed by atoms with E-state index in [9.17, 15) is 25.2 Å². The Morgan fingerprint density at radius 3 is 2.27 bits per heavy atom. The van der Waals surface area contributed by atoms with Crippen molar-refractivity contribution >= 4 is 5.97 Å². The lowest BCUT2D eigenvalue weighted by Crippen LogP contribution is -2.65. The molecule has 5 N–H and O–H groups in total. The zero-order valence-electron chi connectivity index (χ0n) is 8.07. The van der Waals surface area contributed by atoms with Crippen molar-refractivity contribution in [1.29, 1.82) is 0 Å². The monoisotopic (exact) mass is 222 g/mol. The number of rotatable bonds is 2. The molecule has 7 heteroatoms. The second kappa shape index (κ2) is 4.03. The van der Waals surface area contributed by atoms with Crippen molar-refractivity contribution in [3.63, 3.8) is 0 Å². The Labute approximate surface area is 85.5 Å². The van der Waals surface area contributed by atoms with E-state index in [1.807, 2.05) is 0 Å². The van der Waals surface area contributed by atoms with Crippen LogP contribution >= 0.6 is 0 Å². The number of hydrogen-bond donors (Lipinski definition) is 5. The molecule has 1 fully saturated rings. The van der Waals surface area contributed by atoms with E-state index in [-0.39, 0.29) is 6.42 Å². The molecule has 0 aromatic carbocycles. The van der Waals surface area contributed by atoms with Crippen LogP contribution in [0.5, 0.6) is 0 Å². The fraction of sp³-hybridized carbons (Fsp3) is 0.875. The Morgan fingerprint density at radius 1 is 1.33 bits per heavy atom. The van der Waals surface area contributed by atoms with Gasteiger partial charge in [0, 0.05) is 6.42 Å². The van der Waals surface area contributed by atoms with E-state index in [2.05, 4.69) is 4.74 Å². The smallest absolute Gasteiger partial charge is 0.335 e. The molecule has 0 amide bonds. The lowest BCUT2D eigenvalue weighted by molar-refractivity contribution is -0.342. The van der Waals surface area contributed by atoms with Crippen LogP contribution in [0.4, 0.5) is 0 Å². The summed E-state index contributed by atoms with van der Waals surface area (Å²) in [5.41, 5.74) is 0. The fourth-order valence-electron chi connectivity index (χ4n) is 1.48. The third kappa shape index (κ3) is 1.97. The number of carbonyl (C=O) groups is 1. The molecule has 1 aliphatic rings. The highest BCUT2D eigenvalue weighted by Gasteiger charge is 2.53. The average Bonchev–Trinajstić information content (AvgIpc) is 2.20. The second-order valence-electron chi connectivity index (χ2n) is 3.50. The van der Waals surface area contributed by atoms with E-state index in [4.69, 9.17) is 5.11 Å². The normalized spacial score (nSPS) is 46.5. The molecule has 1 rings (SSSR count). The maximum absolute atomic E-state index is 10.6. The van der Waals surface area contributed by atoms with Crippen molar-refractivity contribution in [3.8, 4) is 0 Å². The summed E-state index contributed by atoms with van der Waals surface area (Å²) in [5.74, 6) is -3.66. The summed E-state index contributed by atoms with van der Waals surface area (Å²) >= 11 is 0. The molecular weight excluding hydrogens is 208 g/mol. The van der Waals surface area contributed by atoms with Crippen LogP contribution in [0, 0.1) is 0 Å². The average molecular weight is 222 g/mol. The molecule has 0 aromatic rings. The molecule has 88 valence electrons. The molecule has 5 atom stereocenters. The van der Waals surface area contributed by atoms with Crippen LogP contribution in [0.15, 0.2) is 0 Å². The topological polar surface area (TPSA) is 127 Å². The van der Waals surface area contributed by atoms with Crippen LogP contribution in [0.3, 0.4) is 0 Å². The van der Waals surface area contributed by atoms with Gasteiger partial charge in [0.15, 0.2) is 11.9 Å². The molecule has 1 saturated heterocycles. The molecule has 0 aliphatic carbocycles. The molecule has 1 heterocycles. The molecule has 7 nitrogen and oxygen atoms in total. The predicted molar refractivity (Wildman–Crippen MR) is 45.8 cm³/mol. The highest BCUT2D eigenvalue weighted by atomic mass is 16.7. The predicted octanol–water partition coefficient (Wildman–Crippen LogP) is -2.35. The van der Waals surface area contributed by atoms with E-state index in [1.54, 1.807) is 0 Å². The van der Waals surface area contributed by atoms with Crippen molar-refractivity contribution in [1.82, 2.24) is 0 Å². The molecule has 0 radical (unpaired) electrons. The van der Waals surface area contributed by atoms with Gasteiger partial charge in [-0.1, -0.05) is 6.92 Å². The number of carboxylic acid groups (broad SMARTS) is 1. The molecule has 0 bridgehead atoms. The Kier molecular flexibility index (Phi) is 3.31. The summed E-state index contributed by atoms with van der Waals surface area (Å²) in [6.45, 7) is 1.45. The van der Waals surface area contributed by atoms with Gasteiger partial charge in [0.05, 0.1) is 0 Å². The first-order valence-electron chi connectivity index (χ1n) is 4.50. The highest BCUT2D eigenvalue weighted by molar-refractivity contribution is 5.73. The van der Waals surface area contributed by atoms with Crippen molar-refractivity contribution in [2.75, 3.05) is 0 Å². The van der Waals surface area contributed by atoms with Crippen molar-refractivity contribution < 1.29 is 35.1 Å². The molecule has 15 heavy (non-hydrogen) atoms. The Hall–Kier alpha value is -0.730. The van der Waals surface area contributed by atoms with E-state index >= 15 is 0 Å². The van der Waals surface area contributed by atoms with Gasteiger partial charge in [0.2, 0.25) is 0 Å².